The number of hydrogen-bond acceptors (Lipinski definition) is 2. The van der Waals surface area contributed by atoms with Crippen LogP contribution in [0.25, 0.3) is 0 Å². The monoisotopic (exact) mass is 182 g/mol. The van der Waals surface area contributed by atoms with Crippen LogP contribution >= 0.6 is 0 Å². The van der Waals surface area contributed by atoms with Gasteiger partial charge in [0.05, 0.1) is 0 Å². The van der Waals surface area contributed by atoms with Gasteiger partial charge in [-0.25, -0.2) is 0 Å². The molecule has 0 aromatic carbocycles. The van der Waals surface area contributed by atoms with Crippen molar-refractivity contribution in [2.75, 3.05) is 20.1 Å². The van der Waals surface area contributed by atoms with Gasteiger partial charge < -0.3 is 5.32 Å². The zero-order chi connectivity index (χ0) is 9.26. The molecule has 0 bridgehead atoms. The summed E-state index contributed by atoms with van der Waals surface area (Å²) in [4.78, 5) is 2.64. The number of nitrogens with one attached hydrogen (secondary N) is 1. The molecule has 2 atom stereocenters. The van der Waals surface area contributed by atoms with E-state index in [4.69, 9.17) is 0 Å². The van der Waals surface area contributed by atoms with Crippen LogP contribution in [-0.2, 0) is 0 Å². The molecule has 0 amide bonds. The van der Waals surface area contributed by atoms with E-state index in [0.29, 0.717) is 0 Å². The van der Waals surface area contributed by atoms with Gasteiger partial charge in [-0.2, -0.15) is 0 Å². The lowest BCUT2D eigenvalue weighted by Gasteiger charge is -2.32. The standard InChI is InChI=1S/C11H22N2/c1-3-11(9-4-5-9)13(2)10-6-7-12-8-10/h9-12H,3-8H2,1-2H3. The van der Waals surface area contributed by atoms with Gasteiger partial charge in [-0.05, 0) is 45.2 Å². The predicted molar refractivity (Wildman–Crippen MR) is 55.8 cm³/mol. The van der Waals surface area contributed by atoms with Gasteiger partial charge in [-0.15, -0.1) is 0 Å². The van der Waals surface area contributed by atoms with Crippen LogP contribution in [0.4, 0.5) is 0 Å². The Morgan fingerprint density at radius 1 is 1.38 bits per heavy atom. The largest absolute Gasteiger partial charge is 0.315 e. The number of likely N-dealkylation sites (N-methyl/N-ethyl adjacent to an activating group) is 1. The van der Waals surface area contributed by atoms with Crippen LogP contribution in [0.5, 0.6) is 0 Å². The van der Waals surface area contributed by atoms with Gasteiger partial charge in [0.1, 0.15) is 0 Å². The lowest BCUT2D eigenvalue weighted by molar-refractivity contribution is 0.160. The molecule has 2 rings (SSSR count). The van der Waals surface area contributed by atoms with E-state index in [1.54, 1.807) is 0 Å². The topological polar surface area (TPSA) is 15.3 Å². The van der Waals surface area contributed by atoms with Crippen LogP contribution in [0, 0.1) is 5.92 Å². The van der Waals surface area contributed by atoms with Gasteiger partial charge in [-0.1, -0.05) is 6.92 Å². The van der Waals surface area contributed by atoms with Crippen LogP contribution in [0.2, 0.25) is 0 Å². The molecule has 1 saturated carbocycles. The Labute approximate surface area is 81.7 Å². The number of nitrogens with zero attached hydrogens (tertiary/aromatic N) is 1. The Balaban J connectivity index is 1.88. The zero-order valence-corrected chi connectivity index (χ0v) is 8.92. The van der Waals surface area contributed by atoms with E-state index in [1.807, 2.05) is 0 Å². The first-order valence-corrected chi connectivity index (χ1v) is 5.75. The highest BCUT2D eigenvalue weighted by Gasteiger charge is 2.35. The summed E-state index contributed by atoms with van der Waals surface area (Å²) in [6.07, 6.45) is 5.63. The lowest BCUT2D eigenvalue weighted by atomic mass is 10.1. The average Bonchev–Trinajstić information content (AvgIpc) is 2.83. The van der Waals surface area contributed by atoms with Crippen LogP contribution in [0.3, 0.4) is 0 Å². The smallest absolute Gasteiger partial charge is 0.0232 e. The highest BCUT2D eigenvalue weighted by molar-refractivity contribution is 4.90. The fourth-order valence-corrected chi connectivity index (χ4v) is 2.69. The summed E-state index contributed by atoms with van der Waals surface area (Å²) in [5, 5.41) is 3.45. The van der Waals surface area contributed by atoms with Gasteiger partial charge in [-0.3, -0.25) is 4.90 Å². The normalized spacial score (nSPS) is 31.2. The summed E-state index contributed by atoms with van der Waals surface area (Å²) < 4.78 is 0. The van der Waals surface area contributed by atoms with Crippen LogP contribution in [0.1, 0.15) is 32.6 Å². The molecule has 0 spiro atoms. The van der Waals surface area contributed by atoms with Crippen LogP contribution < -0.4 is 5.32 Å². The quantitative estimate of drug-likeness (QED) is 0.708. The summed E-state index contributed by atoms with van der Waals surface area (Å²) in [7, 11) is 2.32. The number of hydrogen-bond donors (Lipinski definition) is 1. The fraction of sp³-hybridized carbons (Fsp3) is 1.00. The van der Waals surface area contributed by atoms with Crippen molar-refractivity contribution >= 4 is 0 Å². The first-order valence-electron chi connectivity index (χ1n) is 5.75. The maximum absolute atomic E-state index is 3.45. The van der Waals surface area contributed by atoms with E-state index < -0.39 is 0 Å². The summed E-state index contributed by atoms with van der Waals surface area (Å²) in [6.45, 7) is 4.76. The SMILES string of the molecule is CCC(C1CC1)N(C)C1CCNC1. The highest BCUT2D eigenvalue weighted by Crippen LogP contribution is 2.37. The van der Waals surface area contributed by atoms with E-state index >= 15 is 0 Å². The Hall–Kier alpha value is -0.0800. The third-order valence-corrected chi connectivity index (χ3v) is 3.72. The first-order chi connectivity index (χ1) is 6.33. The molecule has 1 saturated heterocycles. The molecule has 2 unspecified atom stereocenters. The summed E-state index contributed by atoms with van der Waals surface area (Å²) in [5.41, 5.74) is 0. The maximum Gasteiger partial charge on any atom is 0.0232 e. The fourth-order valence-electron chi connectivity index (χ4n) is 2.69. The van der Waals surface area contributed by atoms with E-state index in [-0.39, 0.29) is 0 Å². The molecule has 1 heterocycles. The van der Waals surface area contributed by atoms with Crippen molar-refractivity contribution in [2.24, 2.45) is 5.92 Å². The van der Waals surface area contributed by atoms with Gasteiger partial charge in [0, 0.05) is 18.6 Å². The molecule has 2 fully saturated rings. The molecule has 2 nitrogen and oxygen atoms in total. The predicted octanol–water partition coefficient (Wildman–Crippen LogP) is 1.47. The lowest BCUT2D eigenvalue weighted by Crippen LogP contribution is -2.42. The minimum absolute atomic E-state index is 0.811. The summed E-state index contributed by atoms with van der Waals surface area (Å²) >= 11 is 0. The molecular formula is C11H22N2. The maximum atomic E-state index is 3.45. The second kappa shape index (κ2) is 3.97. The molecular weight excluding hydrogens is 160 g/mol. The molecule has 76 valence electrons. The van der Waals surface area contributed by atoms with Gasteiger partial charge in [0.25, 0.3) is 0 Å². The van der Waals surface area contributed by atoms with Gasteiger partial charge in [0.2, 0.25) is 0 Å². The van der Waals surface area contributed by atoms with Gasteiger partial charge in [0.15, 0.2) is 0 Å². The molecule has 1 N–H and O–H groups in total. The van der Waals surface area contributed by atoms with Crippen molar-refractivity contribution in [3.05, 3.63) is 0 Å². The van der Waals surface area contributed by atoms with Crippen molar-refractivity contribution in [3.8, 4) is 0 Å². The molecule has 2 aliphatic rings. The second-order valence-corrected chi connectivity index (χ2v) is 4.63. The Morgan fingerprint density at radius 3 is 2.62 bits per heavy atom. The summed E-state index contributed by atoms with van der Waals surface area (Å²) in [5.74, 6) is 1.02. The molecule has 0 aromatic rings. The van der Waals surface area contributed by atoms with E-state index in [1.165, 1.54) is 38.8 Å². The molecule has 2 heteroatoms. The van der Waals surface area contributed by atoms with E-state index in [2.05, 4.69) is 24.2 Å². The molecule has 1 aliphatic carbocycles. The Bertz CT molecular complexity index is 159. The van der Waals surface area contributed by atoms with E-state index in [0.717, 1.165) is 18.0 Å². The average molecular weight is 182 g/mol. The van der Waals surface area contributed by atoms with Crippen molar-refractivity contribution in [1.82, 2.24) is 10.2 Å². The van der Waals surface area contributed by atoms with Crippen molar-refractivity contribution in [1.29, 1.82) is 0 Å². The molecule has 1 aliphatic heterocycles. The molecule has 0 aromatic heterocycles. The summed E-state index contributed by atoms with van der Waals surface area (Å²) in [6, 6.07) is 1.68. The van der Waals surface area contributed by atoms with Crippen LogP contribution in [0.15, 0.2) is 0 Å². The highest BCUT2D eigenvalue weighted by atomic mass is 15.2. The minimum Gasteiger partial charge on any atom is -0.315 e. The first kappa shape index (κ1) is 9.47. The Kier molecular flexibility index (Phi) is 2.89. The van der Waals surface area contributed by atoms with Crippen molar-refractivity contribution < 1.29 is 0 Å². The third kappa shape index (κ3) is 2.05. The van der Waals surface area contributed by atoms with Gasteiger partial charge >= 0.3 is 0 Å². The Morgan fingerprint density at radius 2 is 2.15 bits per heavy atom. The van der Waals surface area contributed by atoms with Crippen molar-refractivity contribution in [2.45, 2.75) is 44.7 Å². The molecule has 13 heavy (non-hydrogen) atoms. The van der Waals surface area contributed by atoms with Crippen LogP contribution in [-0.4, -0.2) is 37.1 Å². The number of rotatable bonds is 4. The zero-order valence-electron chi connectivity index (χ0n) is 8.92. The second-order valence-electron chi connectivity index (χ2n) is 4.63. The minimum atomic E-state index is 0.811. The van der Waals surface area contributed by atoms with E-state index in [9.17, 15) is 0 Å². The molecule has 0 radical (unpaired) electrons. The van der Waals surface area contributed by atoms with Crippen molar-refractivity contribution in [3.63, 3.8) is 0 Å². The third-order valence-electron chi connectivity index (χ3n) is 3.72.